The van der Waals surface area contributed by atoms with E-state index in [1.165, 1.54) is 17.3 Å². The molecule has 7 nitrogen and oxygen atoms in total. The van der Waals surface area contributed by atoms with Crippen molar-refractivity contribution < 1.29 is 14.0 Å². The van der Waals surface area contributed by atoms with Gasteiger partial charge in [0.05, 0.1) is 29.7 Å². The number of carbonyl (C=O) groups is 2. The molecule has 2 amide bonds. The van der Waals surface area contributed by atoms with Crippen LogP contribution in [0.2, 0.25) is 0 Å². The van der Waals surface area contributed by atoms with Crippen molar-refractivity contribution >= 4 is 23.2 Å². The summed E-state index contributed by atoms with van der Waals surface area (Å²) < 4.78 is 15.4. The Morgan fingerprint density at radius 1 is 1.15 bits per heavy atom. The topological polar surface area (TPSA) is 78.4 Å². The lowest BCUT2D eigenvalue weighted by atomic mass is 9.87. The maximum atomic E-state index is 15.4. The molecule has 4 rings (SSSR count). The second-order valence-electron chi connectivity index (χ2n) is 10.2. The summed E-state index contributed by atoms with van der Waals surface area (Å²) in [5.41, 5.74) is 1.60. The van der Waals surface area contributed by atoms with E-state index in [0.29, 0.717) is 38.3 Å². The fourth-order valence-corrected chi connectivity index (χ4v) is 4.43. The molecule has 2 aliphatic rings. The summed E-state index contributed by atoms with van der Waals surface area (Å²) in [5.74, 6) is -0.398. The van der Waals surface area contributed by atoms with Gasteiger partial charge >= 0.3 is 0 Å². The van der Waals surface area contributed by atoms with Crippen molar-refractivity contribution in [3.8, 4) is 0 Å². The number of benzene rings is 1. The number of hydrogen-bond donors (Lipinski definition) is 1. The highest BCUT2D eigenvalue weighted by Crippen LogP contribution is 2.35. The number of nitrogens with one attached hydrogen (secondary N) is 1. The van der Waals surface area contributed by atoms with Gasteiger partial charge < -0.3 is 10.2 Å². The van der Waals surface area contributed by atoms with Gasteiger partial charge in [0.1, 0.15) is 5.82 Å². The van der Waals surface area contributed by atoms with Crippen molar-refractivity contribution in [2.24, 2.45) is 11.3 Å². The Labute approximate surface area is 194 Å². The lowest BCUT2D eigenvalue weighted by Crippen LogP contribution is -2.51. The molecule has 0 saturated carbocycles. The van der Waals surface area contributed by atoms with Gasteiger partial charge in [-0.05, 0) is 47.9 Å². The van der Waals surface area contributed by atoms with Gasteiger partial charge in [-0.1, -0.05) is 26.8 Å². The van der Waals surface area contributed by atoms with Crippen LogP contribution in [0.25, 0.3) is 0 Å². The molecule has 176 valence electrons. The van der Waals surface area contributed by atoms with Crippen LogP contribution < -0.4 is 10.2 Å². The van der Waals surface area contributed by atoms with Gasteiger partial charge in [0.2, 0.25) is 11.8 Å². The number of aromatic nitrogens is 2. The van der Waals surface area contributed by atoms with Gasteiger partial charge in [0.25, 0.3) is 0 Å². The van der Waals surface area contributed by atoms with Crippen molar-refractivity contribution in [1.82, 2.24) is 20.4 Å². The summed E-state index contributed by atoms with van der Waals surface area (Å²) in [6.45, 7) is 8.74. The molecule has 2 aromatic rings. The summed E-state index contributed by atoms with van der Waals surface area (Å²) in [5, 5.41) is 10.7. The first-order valence-electron chi connectivity index (χ1n) is 11.6. The Balaban J connectivity index is 1.49. The van der Waals surface area contributed by atoms with Crippen LogP contribution in [-0.2, 0) is 9.59 Å². The molecule has 0 atom stereocenters. The van der Waals surface area contributed by atoms with E-state index in [1.807, 2.05) is 11.0 Å². The first kappa shape index (κ1) is 23.3. The second kappa shape index (κ2) is 9.55. The first-order chi connectivity index (χ1) is 15.7. The third kappa shape index (κ3) is 5.38. The molecule has 1 aromatic heterocycles. The van der Waals surface area contributed by atoms with Crippen LogP contribution in [0.4, 0.5) is 15.8 Å². The van der Waals surface area contributed by atoms with E-state index < -0.39 is 5.82 Å². The number of amides is 2. The monoisotopic (exact) mass is 453 g/mol. The zero-order chi connectivity index (χ0) is 23.6. The molecule has 1 N–H and O–H groups in total. The molecule has 33 heavy (non-hydrogen) atoms. The van der Waals surface area contributed by atoms with Gasteiger partial charge in [-0.3, -0.25) is 14.5 Å². The molecule has 0 bridgehead atoms. The fraction of sp³-hybridized carbons (Fsp3) is 0.520. The van der Waals surface area contributed by atoms with Gasteiger partial charge in [-0.25, -0.2) is 4.39 Å². The zero-order valence-electron chi connectivity index (χ0n) is 19.6. The van der Waals surface area contributed by atoms with Gasteiger partial charge in [-0.2, -0.15) is 10.2 Å². The average Bonchev–Trinajstić information content (AvgIpc) is 2.73. The van der Waals surface area contributed by atoms with Crippen molar-refractivity contribution in [3.05, 3.63) is 48.0 Å². The zero-order valence-corrected chi connectivity index (χ0v) is 19.6. The molecule has 2 saturated heterocycles. The highest BCUT2D eigenvalue weighted by Gasteiger charge is 2.33. The minimum Gasteiger partial charge on any atom is -0.343 e. The van der Waals surface area contributed by atoms with Crippen molar-refractivity contribution in [2.75, 3.05) is 31.1 Å². The predicted octanol–water partition coefficient (Wildman–Crippen LogP) is 3.64. The lowest BCUT2D eigenvalue weighted by Gasteiger charge is -2.34. The van der Waals surface area contributed by atoms with E-state index in [9.17, 15) is 9.59 Å². The van der Waals surface area contributed by atoms with Crippen LogP contribution in [-0.4, -0.2) is 53.1 Å². The molecule has 8 heteroatoms. The van der Waals surface area contributed by atoms with Crippen LogP contribution in [0.15, 0.2) is 36.7 Å². The van der Waals surface area contributed by atoms with Gasteiger partial charge in [0.15, 0.2) is 0 Å². The van der Waals surface area contributed by atoms with E-state index in [0.717, 1.165) is 18.4 Å². The van der Waals surface area contributed by atoms with Crippen LogP contribution in [0.5, 0.6) is 0 Å². The summed E-state index contributed by atoms with van der Waals surface area (Å²) in [6, 6.07) is 6.80. The summed E-state index contributed by atoms with van der Waals surface area (Å²) in [4.78, 5) is 29.0. The van der Waals surface area contributed by atoms with Crippen LogP contribution in [0.1, 0.15) is 51.5 Å². The molecule has 0 radical (unpaired) electrons. The number of carbonyl (C=O) groups excluding carboxylic acids is 2. The number of anilines is 2. The summed E-state index contributed by atoms with van der Waals surface area (Å²) >= 11 is 0. The Morgan fingerprint density at radius 3 is 2.42 bits per heavy atom. The molecular formula is C25H32FN5O2. The highest BCUT2D eigenvalue weighted by molar-refractivity contribution is 6.02. The Morgan fingerprint density at radius 2 is 1.88 bits per heavy atom. The Kier molecular flexibility index (Phi) is 6.74. The second-order valence-corrected chi connectivity index (χ2v) is 10.2. The number of nitrogens with zero attached hydrogens (tertiary/aromatic N) is 4. The van der Waals surface area contributed by atoms with Crippen molar-refractivity contribution in [3.63, 3.8) is 0 Å². The van der Waals surface area contributed by atoms with E-state index in [4.69, 9.17) is 0 Å². The van der Waals surface area contributed by atoms with Crippen molar-refractivity contribution in [2.45, 2.75) is 46.0 Å². The number of likely N-dealkylation sites (tertiary alicyclic amines) is 1. The summed E-state index contributed by atoms with van der Waals surface area (Å²) in [6.07, 6.45) is 5.11. The van der Waals surface area contributed by atoms with Crippen LogP contribution in [0.3, 0.4) is 0 Å². The van der Waals surface area contributed by atoms with E-state index >= 15 is 4.39 Å². The molecule has 0 unspecified atom stereocenters. The molecule has 0 spiro atoms. The van der Waals surface area contributed by atoms with E-state index in [1.54, 1.807) is 18.2 Å². The van der Waals surface area contributed by atoms with E-state index in [-0.39, 0.29) is 34.8 Å². The molecule has 3 heterocycles. The standard InChI is InChI=1S/C25H32FN5O2/c1-25(2,3)13-23(32)30-10-7-17(8-11-30)18-4-5-22(21(26)12-18)31(20-6-9-28-29-16-20)24(33)19-14-27-15-19/h4-6,9,12,16-17,19,27H,7-8,10-11,13-15H2,1-3H3. The fourth-order valence-electron chi connectivity index (χ4n) is 4.43. The minimum atomic E-state index is -0.434. The quantitative estimate of drug-likeness (QED) is 0.748. The third-order valence-electron chi connectivity index (χ3n) is 6.39. The Hall–Kier alpha value is -2.87. The molecule has 2 fully saturated rings. The number of rotatable bonds is 5. The molecule has 0 aliphatic carbocycles. The minimum absolute atomic E-state index is 0.0317. The highest BCUT2D eigenvalue weighted by atomic mass is 19.1. The normalized spacial score (nSPS) is 17.5. The van der Waals surface area contributed by atoms with E-state index in [2.05, 4.69) is 36.3 Å². The number of hydrogen-bond acceptors (Lipinski definition) is 5. The maximum absolute atomic E-state index is 15.4. The van der Waals surface area contributed by atoms with Gasteiger partial charge in [-0.15, -0.1) is 0 Å². The largest absolute Gasteiger partial charge is 0.343 e. The van der Waals surface area contributed by atoms with Crippen LogP contribution >= 0.6 is 0 Å². The predicted molar refractivity (Wildman–Crippen MR) is 125 cm³/mol. The number of piperidine rings is 1. The van der Waals surface area contributed by atoms with Crippen molar-refractivity contribution in [1.29, 1.82) is 0 Å². The maximum Gasteiger partial charge on any atom is 0.237 e. The van der Waals surface area contributed by atoms with Crippen LogP contribution in [0, 0.1) is 17.2 Å². The smallest absolute Gasteiger partial charge is 0.237 e. The molecule has 1 aromatic carbocycles. The lowest BCUT2D eigenvalue weighted by molar-refractivity contribution is -0.134. The third-order valence-corrected chi connectivity index (χ3v) is 6.39. The molecular weight excluding hydrogens is 421 g/mol. The Bertz CT molecular complexity index is 996. The SMILES string of the molecule is CC(C)(C)CC(=O)N1CCC(c2ccc(N(C(=O)C3CNC3)c3ccnnc3)c(F)c2)CC1. The number of halogens is 1. The summed E-state index contributed by atoms with van der Waals surface area (Å²) in [7, 11) is 0. The first-order valence-corrected chi connectivity index (χ1v) is 11.6. The molecule has 2 aliphatic heterocycles. The average molecular weight is 454 g/mol. The van der Waals surface area contributed by atoms with Gasteiger partial charge in [0, 0.05) is 32.6 Å².